The van der Waals surface area contributed by atoms with E-state index in [2.05, 4.69) is 15.6 Å². The van der Waals surface area contributed by atoms with Crippen LogP contribution in [0.5, 0.6) is 0 Å². The summed E-state index contributed by atoms with van der Waals surface area (Å²) in [4.78, 5) is 29.5. The van der Waals surface area contributed by atoms with E-state index in [9.17, 15) is 9.59 Å². The van der Waals surface area contributed by atoms with Crippen molar-refractivity contribution in [2.75, 3.05) is 24.5 Å². The number of thiazole rings is 1. The Labute approximate surface area is 103 Å². The third-order valence-electron chi connectivity index (χ3n) is 2.31. The molecule has 7 heteroatoms. The lowest BCUT2D eigenvalue weighted by molar-refractivity contribution is -0.130. The number of carbonyl (C=O) groups is 2. The molecule has 0 spiro atoms. The van der Waals surface area contributed by atoms with E-state index in [1.54, 1.807) is 11.1 Å². The normalized spacial score (nSPS) is 16.2. The number of rotatable bonds is 4. The van der Waals surface area contributed by atoms with Gasteiger partial charge in [-0.3, -0.25) is 14.9 Å². The molecule has 0 bridgehead atoms. The average molecular weight is 254 g/mol. The van der Waals surface area contributed by atoms with E-state index in [-0.39, 0.29) is 24.9 Å². The number of carbonyl (C=O) groups excluding carboxylic acids is 2. The maximum absolute atomic E-state index is 11.2. The zero-order chi connectivity index (χ0) is 12.3. The van der Waals surface area contributed by atoms with Gasteiger partial charge in [-0.25, -0.2) is 4.98 Å². The second kappa shape index (κ2) is 5.24. The van der Waals surface area contributed by atoms with Gasteiger partial charge in [-0.2, -0.15) is 0 Å². The van der Waals surface area contributed by atoms with Crippen LogP contribution in [-0.4, -0.2) is 36.4 Å². The highest BCUT2D eigenvalue weighted by atomic mass is 32.1. The Kier molecular flexibility index (Phi) is 3.70. The lowest BCUT2D eigenvalue weighted by Gasteiger charge is -2.24. The fourth-order valence-corrected chi connectivity index (χ4v) is 2.42. The maximum Gasteiger partial charge on any atom is 0.246 e. The number of aromatic nitrogens is 1. The lowest BCUT2D eigenvalue weighted by atomic mass is 10.4. The molecule has 0 saturated carbocycles. The number of anilines is 1. The van der Waals surface area contributed by atoms with Crippen molar-refractivity contribution in [3.63, 3.8) is 0 Å². The molecule has 0 atom stereocenters. The first-order chi connectivity index (χ1) is 8.19. The van der Waals surface area contributed by atoms with E-state index in [0.29, 0.717) is 0 Å². The minimum atomic E-state index is -0.273. The van der Waals surface area contributed by atoms with E-state index in [0.717, 1.165) is 23.1 Å². The second-order valence-electron chi connectivity index (χ2n) is 3.72. The fraction of sp³-hybridized carbons (Fsp3) is 0.500. The smallest absolute Gasteiger partial charge is 0.246 e. The second-order valence-corrected chi connectivity index (χ2v) is 4.81. The molecule has 6 nitrogen and oxygen atoms in total. The van der Waals surface area contributed by atoms with Gasteiger partial charge in [0, 0.05) is 17.6 Å². The molecule has 1 aromatic heterocycles. The molecular formula is C10H14N4O2S. The Hall–Kier alpha value is -1.47. The SMILES string of the molecule is CCNCc1cnc(N2CC(=O)NC(=O)C2)s1. The van der Waals surface area contributed by atoms with Crippen molar-refractivity contribution in [2.45, 2.75) is 13.5 Å². The number of amides is 2. The summed E-state index contributed by atoms with van der Waals surface area (Å²) in [6, 6.07) is 0. The van der Waals surface area contributed by atoms with E-state index in [4.69, 9.17) is 0 Å². The van der Waals surface area contributed by atoms with Gasteiger partial charge in [0.15, 0.2) is 5.13 Å². The van der Waals surface area contributed by atoms with Crippen molar-refractivity contribution in [1.82, 2.24) is 15.6 Å². The number of piperazine rings is 1. The average Bonchev–Trinajstić information content (AvgIpc) is 2.73. The third kappa shape index (κ3) is 3.01. The van der Waals surface area contributed by atoms with Crippen LogP contribution in [0.15, 0.2) is 6.20 Å². The van der Waals surface area contributed by atoms with E-state index in [1.807, 2.05) is 6.92 Å². The molecule has 1 saturated heterocycles. The predicted molar refractivity (Wildman–Crippen MR) is 64.9 cm³/mol. The number of hydrogen-bond donors (Lipinski definition) is 2. The molecular weight excluding hydrogens is 240 g/mol. The molecule has 92 valence electrons. The van der Waals surface area contributed by atoms with Crippen LogP contribution in [0.1, 0.15) is 11.8 Å². The maximum atomic E-state index is 11.2. The quantitative estimate of drug-likeness (QED) is 0.723. The number of imide groups is 1. The van der Waals surface area contributed by atoms with Crippen LogP contribution < -0.4 is 15.5 Å². The van der Waals surface area contributed by atoms with Gasteiger partial charge in [0.2, 0.25) is 11.8 Å². The molecule has 2 heterocycles. The van der Waals surface area contributed by atoms with Crippen LogP contribution in [0, 0.1) is 0 Å². The zero-order valence-electron chi connectivity index (χ0n) is 9.52. The Morgan fingerprint density at radius 3 is 2.82 bits per heavy atom. The molecule has 2 amide bonds. The van der Waals surface area contributed by atoms with Crippen molar-refractivity contribution in [2.24, 2.45) is 0 Å². The van der Waals surface area contributed by atoms with Crippen molar-refractivity contribution in [3.8, 4) is 0 Å². The van der Waals surface area contributed by atoms with Gasteiger partial charge < -0.3 is 10.2 Å². The van der Waals surface area contributed by atoms with Gasteiger partial charge in [0.1, 0.15) is 13.1 Å². The summed E-state index contributed by atoms with van der Waals surface area (Å²) in [5.41, 5.74) is 0. The molecule has 1 aliphatic rings. The molecule has 17 heavy (non-hydrogen) atoms. The molecule has 0 unspecified atom stereocenters. The number of nitrogens with zero attached hydrogens (tertiary/aromatic N) is 2. The van der Waals surface area contributed by atoms with Gasteiger partial charge >= 0.3 is 0 Å². The summed E-state index contributed by atoms with van der Waals surface area (Å²) >= 11 is 1.50. The van der Waals surface area contributed by atoms with Crippen molar-refractivity contribution in [3.05, 3.63) is 11.1 Å². The molecule has 0 aromatic carbocycles. The first kappa shape index (κ1) is 12.0. The Balaban J connectivity index is 2.03. The highest BCUT2D eigenvalue weighted by Gasteiger charge is 2.24. The van der Waals surface area contributed by atoms with Gasteiger partial charge in [0.25, 0.3) is 0 Å². The van der Waals surface area contributed by atoms with E-state index >= 15 is 0 Å². The van der Waals surface area contributed by atoms with E-state index < -0.39 is 0 Å². The number of nitrogens with one attached hydrogen (secondary N) is 2. The van der Waals surface area contributed by atoms with Gasteiger partial charge in [0.05, 0.1) is 0 Å². The summed E-state index contributed by atoms with van der Waals surface area (Å²) in [6.07, 6.45) is 1.78. The van der Waals surface area contributed by atoms with Gasteiger partial charge in [-0.1, -0.05) is 6.92 Å². The third-order valence-corrected chi connectivity index (χ3v) is 3.37. The molecule has 1 fully saturated rings. The molecule has 0 aliphatic carbocycles. The molecule has 2 N–H and O–H groups in total. The van der Waals surface area contributed by atoms with E-state index in [1.165, 1.54) is 11.3 Å². The van der Waals surface area contributed by atoms with Crippen LogP contribution in [0.25, 0.3) is 0 Å². The van der Waals surface area contributed by atoms with Gasteiger partial charge in [-0.05, 0) is 6.54 Å². The van der Waals surface area contributed by atoms with Crippen molar-refractivity contribution < 1.29 is 9.59 Å². The first-order valence-electron chi connectivity index (χ1n) is 5.42. The van der Waals surface area contributed by atoms with Crippen LogP contribution in [-0.2, 0) is 16.1 Å². The summed E-state index contributed by atoms with van der Waals surface area (Å²) < 4.78 is 0. The lowest BCUT2D eigenvalue weighted by Crippen LogP contribution is -2.51. The zero-order valence-corrected chi connectivity index (χ0v) is 10.3. The summed E-state index contributed by atoms with van der Waals surface area (Å²) in [5.74, 6) is -0.547. The van der Waals surface area contributed by atoms with Crippen LogP contribution in [0.4, 0.5) is 5.13 Å². The Morgan fingerprint density at radius 2 is 2.18 bits per heavy atom. The van der Waals surface area contributed by atoms with Crippen LogP contribution in [0.2, 0.25) is 0 Å². The fourth-order valence-electron chi connectivity index (χ4n) is 1.55. The van der Waals surface area contributed by atoms with Crippen LogP contribution in [0.3, 0.4) is 0 Å². The number of hydrogen-bond acceptors (Lipinski definition) is 6. The largest absolute Gasteiger partial charge is 0.329 e. The molecule has 1 aromatic rings. The summed E-state index contributed by atoms with van der Waals surface area (Å²) in [7, 11) is 0. The monoisotopic (exact) mass is 254 g/mol. The molecule has 2 rings (SSSR count). The topological polar surface area (TPSA) is 74.3 Å². The molecule has 1 aliphatic heterocycles. The van der Waals surface area contributed by atoms with Crippen molar-refractivity contribution >= 4 is 28.3 Å². The predicted octanol–water partition coefficient (Wildman–Crippen LogP) is -0.285. The highest BCUT2D eigenvalue weighted by Crippen LogP contribution is 2.22. The van der Waals surface area contributed by atoms with Gasteiger partial charge in [-0.15, -0.1) is 11.3 Å². The first-order valence-corrected chi connectivity index (χ1v) is 6.23. The molecule has 0 radical (unpaired) electrons. The summed E-state index contributed by atoms with van der Waals surface area (Å²) in [5, 5.41) is 6.19. The standard InChI is InChI=1S/C10H14N4O2S/c1-2-11-3-7-4-12-10(17-7)14-5-8(15)13-9(16)6-14/h4,11H,2-3,5-6H2,1H3,(H,13,15,16). The Morgan fingerprint density at radius 1 is 1.47 bits per heavy atom. The van der Waals surface area contributed by atoms with Crippen molar-refractivity contribution in [1.29, 1.82) is 0 Å². The summed E-state index contributed by atoms with van der Waals surface area (Å²) in [6.45, 7) is 4.09. The minimum absolute atomic E-state index is 0.194. The Bertz CT molecular complexity index is 416. The minimum Gasteiger partial charge on any atom is -0.329 e. The van der Waals surface area contributed by atoms with Crippen LogP contribution >= 0.6 is 11.3 Å². The highest BCUT2D eigenvalue weighted by molar-refractivity contribution is 7.15.